The van der Waals surface area contributed by atoms with Gasteiger partial charge in [0.25, 0.3) is 5.91 Å². The van der Waals surface area contributed by atoms with Crippen LogP contribution >= 0.6 is 27.5 Å². The Morgan fingerprint density at radius 3 is 2.35 bits per heavy atom. The molecule has 0 aromatic heterocycles. The molecule has 156 valence electrons. The lowest BCUT2D eigenvalue weighted by Gasteiger charge is -2.11. The topological polar surface area (TPSA) is 99.7 Å². The molecule has 3 rings (SSSR count). The number of amides is 3. The van der Waals surface area contributed by atoms with Crippen LogP contribution < -0.4 is 16.1 Å². The summed E-state index contributed by atoms with van der Waals surface area (Å²) in [6.45, 7) is 0. The highest BCUT2D eigenvalue weighted by molar-refractivity contribution is 9.10. The van der Waals surface area contributed by atoms with E-state index < -0.39 is 17.7 Å². The second-order valence-corrected chi connectivity index (χ2v) is 7.57. The first-order valence-corrected chi connectivity index (χ1v) is 10.2. The van der Waals surface area contributed by atoms with Gasteiger partial charge in [0.15, 0.2) is 0 Å². The van der Waals surface area contributed by atoms with E-state index in [1.165, 1.54) is 18.3 Å². The van der Waals surface area contributed by atoms with E-state index in [9.17, 15) is 14.4 Å². The van der Waals surface area contributed by atoms with Gasteiger partial charge < -0.3 is 10.6 Å². The minimum atomic E-state index is -0.973. The van der Waals surface area contributed by atoms with E-state index >= 15 is 0 Å². The molecule has 7 nitrogen and oxygen atoms in total. The third kappa shape index (κ3) is 6.50. The van der Waals surface area contributed by atoms with Crippen molar-refractivity contribution in [2.24, 2.45) is 5.10 Å². The second-order valence-electron chi connectivity index (χ2n) is 6.21. The maximum Gasteiger partial charge on any atom is 0.329 e. The Bertz CT molecular complexity index is 1150. The molecule has 0 fully saturated rings. The monoisotopic (exact) mass is 498 g/mol. The number of halogens is 2. The number of rotatable bonds is 5. The van der Waals surface area contributed by atoms with Gasteiger partial charge in [-0.2, -0.15) is 5.10 Å². The molecule has 3 N–H and O–H groups in total. The molecule has 0 aliphatic rings. The Morgan fingerprint density at radius 1 is 0.871 bits per heavy atom. The molecule has 0 aliphatic carbocycles. The predicted molar refractivity (Wildman–Crippen MR) is 124 cm³/mol. The average molecular weight is 500 g/mol. The minimum Gasteiger partial charge on any atom is -0.322 e. The molecule has 0 aliphatic heterocycles. The van der Waals surface area contributed by atoms with Crippen LogP contribution in [0.1, 0.15) is 15.9 Å². The van der Waals surface area contributed by atoms with Crippen LogP contribution in [0.2, 0.25) is 5.02 Å². The molecule has 0 saturated heterocycles. The Balaban J connectivity index is 1.63. The number of nitrogens with zero attached hydrogens (tertiary/aromatic N) is 1. The summed E-state index contributed by atoms with van der Waals surface area (Å²) >= 11 is 9.18. The normalized spacial score (nSPS) is 10.5. The van der Waals surface area contributed by atoms with Crippen LogP contribution in [0.25, 0.3) is 0 Å². The molecule has 0 unspecified atom stereocenters. The highest BCUT2D eigenvalue weighted by Gasteiger charge is 2.17. The summed E-state index contributed by atoms with van der Waals surface area (Å²) < 4.78 is 0.856. The van der Waals surface area contributed by atoms with Crippen molar-refractivity contribution in [1.29, 1.82) is 0 Å². The largest absolute Gasteiger partial charge is 0.329 e. The quantitative estimate of drug-likeness (QED) is 0.275. The number of para-hydroxylation sites is 1. The third-order valence-electron chi connectivity index (χ3n) is 3.96. The van der Waals surface area contributed by atoms with Gasteiger partial charge in [0, 0.05) is 15.2 Å². The van der Waals surface area contributed by atoms with Crippen molar-refractivity contribution in [1.82, 2.24) is 5.43 Å². The van der Waals surface area contributed by atoms with E-state index in [0.29, 0.717) is 10.7 Å². The van der Waals surface area contributed by atoms with Gasteiger partial charge in [-0.1, -0.05) is 51.8 Å². The minimum absolute atomic E-state index is 0.185. The number of hydrazone groups is 1. The summed E-state index contributed by atoms with van der Waals surface area (Å²) in [5.74, 6) is -2.39. The second kappa shape index (κ2) is 10.5. The van der Waals surface area contributed by atoms with Crippen LogP contribution in [0.4, 0.5) is 11.4 Å². The summed E-state index contributed by atoms with van der Waals surface area (Å²) in [7, 11) is 0. The van der Waals surface area contributed by atoms with Gasteiger partial charge in [0.05, 0.1) is 17.5 Å². The van der Waals surface area contributed by atoms with Crippen molar-refractivity contribution in [2.45, 2.75) is 0 Å². The maximum atomic E-state index is 12.6. The van der Waals surface area contributed by atoms with Gasteiger partial charge in [-0.25, -0.2) is 5.43 Å². The van der Waals surface area contributed by atoms with E-state index in [1.54, 1.807) is 48.5 Å². The molecule has 0 atom stereocenters. The Morgan fingerprint density at radius 2 is 1.61 bits per heavy atom. The molecule has 3 amide bonds. The molecule has 31 heavy (non-hydrogen) atoms. The van der Waals surface area contributed by atoms with E-state index in [2.05, 4.69) is 37.1 Å². The number of carbonyl (C=O) groups is 3. The number of benzene rings is 3. The molecular weight excluding hydrogens is 484 g/mol. The summed E-state index contributed by atoms with van der Waals surface area (Å²) in [5, 5.41) is 9.45. The van der Waals surface area contributed by atoms with E-state index in [-0.39, 0.29) is 11.3 Å². The Labute approximate surface area is 191 Å². The summed E-state index contributed by atoms with van der Waals surface area (Å²) in [4.78, 5) is 36.9. The van der Waals surface area contributed by atoms with Gasteiger partial charge in [-0.15, -0.1) is 0 Å². The van der Waals surface area contributed by atoms with Gasteiger partial charge in [-0.3, -0.25) is 14.4 Å². The van der Waals surface area contributed by atoms with E-state index in [0.717, 1.165) is 10.0 Å². The number of anilines is 2. The molecule has 0 saturated carbocycles. The first-order valence-electron chi connectivity index (χ1n) is 8.98. The van der Waals surface area contributed by atoms with Crippen LogP contribution in [0, 0.1) is 0 Å². The number of hydrogen-bond donors (Lipinski definition) is 3. The molecule has 0 heterocycles. The first-order chi connectivity index (χ1) is 14.9. The average Bonchev–Trinajstić information content (AvgIpc) is 2.75. The van der Waals surface area contributed by atoms with Gasteiger partial charge in [0.2, 0.25) is 0 Å². The van der Waals surface area contributed by atoms with Crippen molar-refractivity contribution in [3.63, 3.8) is 0 Å². The Hall–Kier alpha value is -3.49. The van der Waals surface area contributed by atoms with Crippen molar-refractivity contribution >= 4 is 62.8 Å². The molecular formula is C22H16BrClN4O3. The highest BCUT2D eigenvalue weighted by Crippen LogP contribution is 2.19. The van der Waals surface area contributed by atoms with Crippen LogP contribution in [-0.4, -0.2) is 23.9 Å². The summed E-state index contributed by atoms with van der Waals surface area (Å²) in [6, 6.07) is 20.2. The fourth-order valence-electron chi connectivity index (χ4n) is 2.50. The van der Waals surface area contributed by atoms with E-state index in [4.69, 9.17) is 11.6 Å². The molecule has 3 aromatic rings. The highest BCUT2D eigenvalue weighted by atomic mass is 79.9. The lowest BCUT2D eigenvalue weighted by atomic mass is 10.1. The van der Waals surface area contributed by atoms with E-state index in [1.807, 2.05) is 12.1 Å². The summed E-state index contributed by atoms with van der Waals surface area (Å²) in [6.07, 6.45) is 1.41. The molecule has 0 spiro atoms. The number of carbonyl (C=O) groups excluding carboxylic acids is 3. The van der Waals surface area contributed by atoms with Crippen molar-refractivity contribution in [3.8, 4) is 0 Å². The van der Waals surface area contributed by atoms with Crippen LogP contribution in [0.3, 0.4) is 0 Å². The number of hydrogen-bond acceptors (Lipinski definition) is 4. The van der Waals surface area contributed by atoms with Gasteiger partial charge in [0.1, 0.15) is 0 Å². The maximum absolute atomic E-state index is 12.6. The first kappa shape index (κ1) is 22.2. The van der Waals surface area contributed by atoms with Crippen LogP contribution in [0.5, 0.6) is 0 Å². The SMILES string of the molecule is O=C(N/N=C\c1cccc(Br)c1)C(=O)Nc1ccccc1C(=O)Nc1ccc(Cl)cc1. The fraction of sp³-hybridized carbons (Fsp3) is 0. The smallest absolute Gasteiger partial charge is 0.322 e. The predicted octanol–water partition coefficient (Wildman–Crippen LogP) is 4.44. The molecule has 3 aromatic carbocycles. The Kier molecular flexibility index (Phi) is 7.53. The van der Waals surface area contributed by atoms with Crippen LogP contribution in [0.15, 0.2) is 82.4 Å². The molecule has 9 heteroatoms. The molecule has 0 bridgehead atoms. The zero-order valence-corrected chi connectivity index (χ0v) is 18.3. The van der Waals surface area contributed by atoms with Gasteiger partial charge >= 0.3 is 11.8 Å². The lowest BCUT2D eigenvalue weighted by molar-refractivity contribution is -0.136. The van der Waals surface area contributed by atoms with Crippen molar-refractivity contribution in [3.05, 3.63) is 93.4 Å². The summed E-state index contributed by atoms with van der Waals surface area (Å²) in [5.41, 5.74) is 3.80. The standard InChI is InChI=1S/C22H16BrClN4O3/c23-15-5-3-4-14(12-15)13-25-28-22(31)21(30)27-19-7-2-1-6-18(19)20(29)26-17-10-8-16(24)9-11-17/h1-13H,(H,26,29)(H,27,30)(H,28,31)/b25-13-. The third-order valence-corrected chi connectivity index (χ3v) is 4.70. The lowest BCUT2D eigenvalue weighted by Crippen LogP contribution is -2.33. The number of nitrogens with one attached hydrogen (secondary N) is 3. The van der Waals surface area contributed by atoms with Crippen molar-refractivity contribution in [2.75, 3.05) is 10.6 Å². The zero-order chi connectivity index (χ0) is 22.2. The van der Waals surface area contributed by atoms with Crippen molar-refractivity contribution < 1.29 is 14.4 Å². The van der Waals surface area contributed by atoms with Crippen LogP contribution in [-0.2, 0) is 9.59 Å². The zero-order valence-electron chi connectivity index (χ0n) is 15.9. The fourth-order valence-corrected chi connectivity index (χ4v) is 3.05. The van der Waals surface area contributed by atoms with Gasteiger partial charge in [-0.05, 0) is 54.1 Å². The molecule has 0 radical (unpaired) electrons.